The van der Waals surface area contributed by atoms with E-state index in [1.807, 2.05) is 12.1 Å². The largest absolute Gasteiger partial charge is 0.271 e. The Morgan fingerprint density at radius 1 is 1.35 bits per heavy atom. The van der Waals surface area contributed by atoms with Crippen LogP contribution in [0.25, 0.3) is 0 Å². The van der Waals surface area contributed by atoms with Gasteiger partial charge in [0.15, 0.2) is 0 Å². The smallest absolute Gasteiger partial charge is 0.0551 e. The van der Waals surface area contributed by atoms with Gasteiger partial charge in [0, 0.05) is 10.5 Å². The molecule has 0 aliphatic heterocycles. The number of hydrogen-bond acceptors (Lipinski definition) is 2. The number of benzene rings is 1. The molecule has 0 saturated carbocycles. The quantitative estimate of drug-likeness (QED) is 0.601. The number of halogens is 2. The fourth-order valence-electron chi connectivity index (χ4n) is 1.98. The Morgan fingerprint density at radius 2 is 2.00 bits per heavy atom. The van der Waals surface area contributed by atoms with Gasteiger partial charge in [-0.3, -0.25) is 11.3 Å². The first-order valence-electron chi connectivity index (χ1n) is 6.03. The van der Waals surface area contributed by atoms with E-state index in [2.05, 4.69) is 41.3 Å². The van der Waals surface area contributed by atoms with Gasteiger partial charge >= 0.3 is 0 Å². The summed E-state index contributed by atoms with van der Waals surface area (Å²) in [7, 11) is 0. The van der Waals surface area contributed by atoms with Gasteiger partial charge in [-0.1, -0.05) is 44.4 Å². The van der Waals surface area contributed by atoms with Crippen LogP contribution in [0.5, 0.6) is 0 Å². The van der Waals surface area contributed by atoms with Crippen LogP contribution in [0.15, 0.2) is 22.7 Å². The molecule has 1 atom stereocenters. The maximum absolute atomic E-state index is 6.10. The molecule has 0 heterocycles. The van der Waals surface area contributed by atoms with Crippen molar-refractivity contribution in [1.82, 2.24) is 5.43 Å². The molecule has 1 aromatic carbocycles. The van der Waals surface area contributed by atoms with Gasteiger partial charge < -0.3 is 0 Å². The normalized spacial score (nSPS) is 13.1. The fourth-order valence-corrected chi connectivity index (χ4v) is 2.42. The molecule has 1 unspecified atom stereocenters. The molecule has 4 heteroatoms. The van der Waals surface area contributed by atoms with Gasteiger partial charge in [0.25, 0.3) is 0 Å². The first-order chi connectivity index (χ1) is 8.12. The van der Waals surface area contributed by atoms with Crippen LogP contribution in [0.4, 0.5) is 0 Å². The Bertz CT molecular complexity index is 353. The summed E-state index contributed by atoms with van der Waals surface area (Å²) in [5.41, 5.74) is 4.04. The maximum atomic E-state index is 6.10. The van der Waals surface area contributed by atoms with Crippen molar-refractivity contribution in [1.29, 1.82) is 0 Å². The third-order valence-electron chi connectivity index (χ3n) is 3.27. The lowest BCUT2D eigenvalue weighted by Crippen LogP contribution is -2.29. The molecule has 0 aliphatic rings. The number of rotatable bonds is 6. The summed E-state index contributed by atoms with van der Waals surface area (Å²) >= 11 is 9.50. The molecule has 0 spiro atoms. The minimum absolute atomic E-state index is 0.172. The molecule has 0 saturated heterocycles. The van der Waals surface area contributed by atoms with Crippen molar-refractivity contribution in [3.8, 4) is 0 Å². The molecule has 0 radical (unpaired) electrons. The summed E-state index contributed by atoms with van der Waals surface area (Å²) in [4.78, 5) is 0. The predicted molar refractivity (Wildman–Crippen MR) is 77.9 cm³/mol. The topological polar surface area (TPSA) is 38.0 Å². The molecule has 0 fully saturated rings. The first kappa shape index (κ1) is 15.0. The van der Waals surface area contributed by atoms with E-state index in [0.29, 0.717) is 5.92 Å². The lowest BCUT2D eigenvalue weighted by Gasteiger charge is -2.22. The predicted octanol–water partition coefficient (Wildman–Crippen LogP) is 4.43. The monoisotopic (exact) mass is 318 g/mol. The van der Waals surface area contributed by atoms with Crippen LogP contribution in [0.3, 0.4) is 0 Å². The summed E-state index contributed by atoms with van der Waals surface area (Å²) in [6, 6.07) is 6.17. The highest BCUT2D eigenvalue weighted by atomic mass is 79.9. The average Bonchev–Trinajstić information content (AvgIpc) is 2.35. The van der Waals surface area contributed by atoms with Crippen molar-refractivity contribution in [2.45, 2.75) is 39.2 Å². The van der Waals surface area contributed by atoms with Crippen LogP contribution in [0.1, 0.15) is 44.7 Å². The van der Waals surface area contributed by atoms with E-state index >= 15 is 0 Å². The molecular weight excluding hydrogens is 300 g/mol. The van der Waals surface area contributed by atoms with Crippen molar-refractivity contribution >= 4 is 27.5 Å². The second-order valence-corrected chi connectivity index (χ2v) is 5.57. The zero-order valence-corrected chi connectivity index (χ0v) is 12.7. The minimum atomic E-state index is 0.172. The number of hydrazine groups is 1. The van der Waals surface area contributed by atoms with Crippen LogP contribution < -0.4 is 11.3 Å². The van der Waals surface area contributed by atoms with Gasteiger partial charge in [0.05, 0.1) is 5.02 Å². The lowest BCUT2D eigenvalue weighted by atomic mass is 9.91. The van der Waals surface area contributed by atoms with E-state index in [1.165, 1.54) is 12.8 Å². The Balaban J connectivity index is 2.82. The summed E-state index contributed by atoms with van der Waals surface area (Å²) in [6.45, 7) is 4.44. The molecule has 1 aromatic rings. The van der Waals surface area contributed by atoms with Crippen molar-refractivity contribution in [3.63, 3.8) is 0 Å². The van der Waals surface area contributed by atoms with E-state index in [-0.39, 0.29) is 6.04 Å². The van der Waals surface area contributed by atoms with E-state index in [4.69, 9.17) is 17.4 Å². The molecule has 1 rings (SSSR count). The Kier molecular flexibility index (Phi) is 6.49. The van der Waals surface area contributed by atoms with E-state index in [1.54, 1.807) is 0 Å². The zero-order valence-electron chi connectivity index (χ0n) is 10.3. The number of nitrogens with one attached hydrogen (secondary N) is 1. The average molecular weight is 320 g/mol. The van der Waals surface area contributed by atoms with Gasteiger partial charge in [-0.05, 0) is 46.0 Å². The molecule has 96 valence electrons. The standard InChI is InChI=1S/C13H20BrClN2/c1-3-9(4-2)7-13(17-16)10-5-6-11(14)12(15)8-10/h5-6,8-9,13,17H,3-4,7,16H2,1-2H3. The Morgan fingerprint density at radius 3 is 2.47 bits per heavy atom. The minimum Gasteiger partial charge on any atom is -0.271 e. The Labute approximate surface area is 117 Å². The first-order valence-corrected chi connectivity index (χ1v) is 7.20. The zero-order chi connectivity index (χ0) is 12.8. The fraction of sp³-hybridized carbons (Fsp3) is 0.538. The van der Waals surface area contributed by atoms with Crippen LogP contribution >= 0.6 is 27.5 Å². The Hall–Kier alpha value is -0.0900. The van der Waals surface area contributed by atoms with Crippen molar-refractivity contribution in [2.24, 2.45) is 11.8 Å². The summed E-state index contributed by atoms with van der Waals surface area (Å²) in [5, 5.41) is 0.729. The third-order valence-corrected chi connectivity index (χ3v) is 4.50. The second kappa shape index (κ2) is 7.37. The third kappa shape index (κ3) is 4.25. The van der Waals surface area contributed by atoms with Crippen LogP contribution in [0.2, 0.25) is 5.02 Å². The second-order valence-electron chi connectivity index (χ2n) is 4.31. The van der Waals surface area contributed by atoms with Gasteiger partial charge in [-0.2, -0.15) is 0 Å². The molecular formula is C13H20BrClN2. The molecule has 17 heavy (non-hydrogen) atoms. The van der Waals surface area contributed by atoms with E-state index < -0.39 is 0 Å². The summed E-state index contributed by atoms with van der Waals surface area (Å²) in [6.07, 6.45) is 3.40. The SMILES string of the molecule is CCC(CC)CC(NN)c1ccc(Br)c(Cl)c1. The maximum Gasteiger partial charge on any atom is 0.0551 e. The highest BCUT2D eigenvalue weighted by Gasteiger charge is 2.15. The lowest BCUT2D eigenvalue weighted by molar-refractivity contribution is 0.375. The van der Waals surface area contributed by atoms with Gasteiger partial charge in [0.1, 0.15) is 0 Å². The van der Waals surface area contributed by atoms with Crippen molar-refractivity contribution < 1.29 is 0 Å². The van der Waals surface area contributed by atoms with Gasteiger partial charge in [-0.25, -0.2) is 0 Å². The van der Waals surface area contributed by atoms with Crippen LogP contribution in [-0.4, -0.2) is 0 Å². The highest BCUT2D eigenvalue weighted by molar-refractivity contribution is 9.10. The molecule has 0 bridgehead atoms. The highest BCUT2D eigenvalue weighted by Crippen LogP contribution is 2.29. The molecule has 3 N–H and O–H groups in total. The van der Waals surface area contributed by atoms with Crippen LogP contribution in [-0.2, 0) is 0 Å². The molecule has 2 nitrogen and oxygen atoms in total. The van der Waals surface area contributed by atoms with E-state index in [0.717, 1.165) is 21.5 Å². The van der Waals surface area contributed by atoms with Crippen LogP contribution in [0, 0.1) is 5.92 Å². The summed E-state index contributed by atoms with van der Waals surface area (Å²) in [5.74, 6) is 6.34. The van der Waals surface area contributed by atoms with Crippen molar-refractivity contribution in [2.75, 3.05) is 0 Å². The van der Waals surface area contributed by atoms with Crippen molar-refractivity contribution in [3.05, 3.63) is 33.3 Å². The van der Waals surface area contributed by atoms with E-state index in [9.17, 15) is 0 Å². The summed E-state index contributed by atoms with van der Waals surface area (Å²) < 4.78 is 0.918. The molecule has 0 aromatic heterocycles. The van der Waals surface area contributed by atoms with Gasteiger partial charge in [0.2, 0.25) is 0 Å². The molecule has 0 amide bonds. The molecule has 0 aliphatic carbocycles. The number of nitrogens with two attached hydrogens (primary N) is 1. The van der Waals surface area contributed by atoms with Gasteiger partial charge in [-0.15, -0.1) is 0 Å². The number of hydrogen-bond donors (Lipinski definition) is 2.